The topological polar surface area (TPSA) is 256 Å². The number of carbonyl (C=O) groups excluding carboxylic acids is 3. The number of phenolic OH excluding ortho intramolecular Hbond substituents is 2. The van der Waals surface area contributed by atoms with Crippen LogP contribution in [0.25, 0.3) is 0 Å². The van der Waals surface area contributed by atoms with Gasteiger partial charge in [-0.25, -0.2) is 0 Å². The predicted molar refractivity (Wildman–Crippen MR) is 125 cm³/mol. The first-order valence-electron chi connectivity index (χ1n) is 10.8. The fourth-order valence-corrected chi connectivity index (χ4v) is 7.32. The molecule has 0 saturated heterocycles. The van der Waals surface area contributed by atoms with Crippen molar-refractivity contribution in [2.75, 3.05) is 7.11 Å². The minimum absolute atomic E-state index is 0.00768. The molecule has 2 aromatic carbocycles. The standard InChI is InChI=1S/C22H22O14P2/c1-36-11-4-2-3-8-15(11)21(28)17-16(18(8)25)19(26)9-6-22(29,7-10(23)14(9)20(17)27)12(24)5-13(37(30,31)32)38(33,34)35/h2-4,10,13,23,26-27,29H,5-7H2,1H3,(H2,30,31,32)(H2,33,34,35). The first kappa shape index (κ1) is 28.1. The van der Waals surface area contributed by atoms with Gasteiger partial charge in [0.15, 0.2) is 17.0 Å². The van der Waals surface area contributed by atoms with E-state index in [4.69, 9.17) is 4.74 Å². The predicted octanol–water partition coefficient (Wildman–Crippen LogP) is 0.233. The Morgan fingerprint density at radius 2 is 1.61 bits per heavy atom. The van der Waals surface area contributed by atoms with Gasteiger partial charge in [-0.15, -0.1) is 0 Å². The van der Waals surface area contributed by atoms with Gasteiger partial charge >= 0.3 is 15.2 Å². The number of hydrogen-bond donors (Lipinski definition) is 8. The first-order valence-corrected chi connectivity index (χ1v) is 14.2. The number of aromatic hydroxyl groups is 2. The molecule has 4 rings (SSSR count). The number of methoxy groups -OCH3 is 1. The van der Waals surface area contributed by atoms with E-state index in [0.29, 0.717) is 0 Å². The van der Waals surface area contributed by atoms with Crippen molar-refractivity contribution in [2.45, 2.75) is 36.4 Å². The molecule has 2 aromatic rings. The molecule has 0 amide bonds. The highest BCUT2D eigenvalue weighted by Crippen LogP contribution is 2.62. The summed E-state index contributed by atoms with van der Waals surface area (Å²) in [6.07, 6.45) is -5.29. The van der Waals surface area contributed by atoms with E-state index in [9.17, 15) is 63.5 Å². The second-order valence-corrected chi connectivity index (χ2v) is 13.1. The Morgan fingerprint density at radius 3 is 2.16 bits per heavy atom. The van der Waals surface area contributed by atoms with E-state index in [2.05, 4.69) is 0 Å². The third-order valence-corrected chi connectivity index (χ3v) is 10.5. The number of hydrogen-bond acceptors (Lipinski definition) is 10. The molecule has 0 heterocycles. The lowest BCUT2D eigenvalue weighted by molar-refractivity contribution is -0.142. The molecule has 2 aliphatic rings. The van der Waals surface area contributed by atoms with Gasteiger partial charge in [0, 0.05) is 36.0 Å². The molecule has 0 radical (unpaired) electrons. The number of aliphatic hydroxyl groups is 2. The van der Waals surface area contributed by atoms with E-state index in [1.165, 1.54) is 25.3 Å². The van der Waals surface area contributed by atoms with Crippen molar-refractivity contribution in [2.24, 2.45) is 0 Å². The van der Waals surface area contributed by atoms with Crippen LogP contribution in [0.3, 0.4) is 0 Å². The van der Waals surface area contributed by atoms with Crippen LogP contribution >= 0.6 is 15.2 Å². The average Bonchev–Trinajstić information content (AvgIpc) is 2.80. The number of Topliss-reactive ketones (excluding diaryl/α,β-unsaturated/α-hetero) is 1. The van der Waals surface area contributed by atoms with Gasteiger partial charge in [0.05, 0.1) is 29.9 Å². The van der Waals surface area contributed by atoms with Crippen molar-refractivity contribution in [1.29, 1.82) is 0 Å². The highest BCUT2D eigenvalue weighted by molar-refractivity contribution is 7.70. The highest BCUT2D eigenvalue weighted by atomic mass is 31.2. The maximum atomic E-state index is 13.3. The Balaban J connectivity index is 1.84. The van der Waals surface area contributed by atoms with Gasteiger partial charge in [-0.2, -0.15) is 0 Å². The lowest BCUT2D eigenvalue weighted by atomic mass is 9.71. The number of ketones is 3. The van der Waals surface area contributed by atoms with Crippen LogP contribution in [0.4, 0.5) is 0 Å². The normalized spacial score (nSPS) is 21.1. The number of ether oxygens (including phenoxy) is 1. The van der Waals surface area contributed by atoms with Crippen LogP contribution in [-0.4, -0.2) is 75.5 Å². The van der Waals surface area contributed by atoms with Gasteiger partial charge in [0.25, 0.3) is 0 Å². The molecule has 8 N–H and O–H groups in total. The SMILES string of the molecule is COc1cccc2c1C(=O)c1c(O)c3c(c(O)c1C2=O)CC(O)(C(=O)CC(P(=O)(O)O)P(=O)(O)O)CC3O. The summed E-state index contributed by atoms with van der Waals surface area (Å²) in [4.78, 5) is 76.8. The maximum absolute atomic E-state index is 13.3. The van der Waals surface area contributed by atoms with Crippen molar-refractivity contribution in [3.05, 3.63) is 51.6 Å². The Hall–Kier alpha value is -2.93. The van der Waals surface area contributed by atoms with Gasteiger partial charge in [-0.1, -0.05) is 12.1 Å². The summed E-state index contributed by atoms with van der Waals surface area (Å²) in [7, 11) is -9.83. The second-order valence-electron chi connectivity index (χ2n) is 9.09. The quantitative estimate of drug-likeness (QED) is 0.145. The zero-order valence-electron chi connectivity index (χ0n) is 19.4. The lowest BCUT2D eigenvalue weighted by Gasteiger charge is -2.37. The van der Waals surface area contributed by atoms with E-state index >= 15 is 0 Å². The summed E-state index contributed by atoms with van der Waals surface area (Å²) in [6.45, 7) is 0. The van der Waals surface area contributed by atoms with Crippen molar-refractivity contribution in [3.63, 3.8) is 0 Å². The van der Waals surface area contributed by atoms with Gasteiger partial charge in [0.1, 0.15) is 22.8 Å². The van der Waals surface area contributed by atoms with Crippen molar-refractivity contribution >= 4 is 32.5 Å². The zero-order valence-corrected chi connectivity index (χ0v) is 21.2. The molecule has 2 atom stereocenters. The summed E-state index contributed by atoms with van der Waals surface area (Å²) in [5, 5.41) is 41.0. The first-order chi connectivity index (χ1) is 17.4. The number of aliphatic hydroxyl groups excluding tert-OH is 1. The van der Waals surface area contributed by atoms with Crippen LogP contribution in [0.2, 0.25) is 0 Å². The Morgan fingerprint density at radius 1 is 1.03 bits per heavy atom. The van der Waals surface area contributed by atoms with Gasteiger partial charge in [0.2, 0.25) is 5.78 Å². The maximum Gasteiger partial charge on any atom is 0.341 e. The third kappa shape index (κ3) is 4.29. The molecule has 2 aliphatic carbocycles. The van der Waals surface area contributed by atoms with Gasteiger partial charge < -0.3 is 44.7 Å². The minimum atomic E-state index is -5.54. The summed E-state index contributed by atoms with van der Waals surface area (Å²) < 4.78 is 28.3. The summed E-state index contributed by atoms with van der Waals surface area (Å²) in [5.41, 5.74) is -5.38. The van der Waals surface area contributed by atoms with Crippen molar-refractivity contribution in [1.82, 2.24) is 0 Å². The fourth-order valence-electron chi connectivity index (χ4n) is 4.95. The van der Waals surface area contributed by atoms with Crippen LogP contribution in [-0.2, 0) is 20.3 Å². The number of phenols is 2. The van der Waals surface area contributed by atoms with Crippen LogP contribution in [0.15, 0.2) is 18.2 Å². The molecule has 0 aliphatic heterocycles. The van der Waals surface area contributed by atoms with E-state index in [-0.39, 0.29) is 16.9 Å². The number of carbonyl (C=O) groups is 3. The third-order valence-electron chi connectivity index (χ3n) is 6.76. The van der Waals surface area contributed by atoms with Gasteiger partial charge in [-0.05, 0) is 6.07 Å². The number of fused-ring (bicyclic) bond motifs is 3. The second kappa shape index (κ2) is 9.08. The molecule has 0 saturated carbocycles. The number of rotatable bonds is 6. The summed E-state index contributed by atoms with van der Waals surface area (Å²) in [5.74, 6) is -5.12. The monoisotopic (exact) mass is 572 g/mol. The number of benzene rings is 2. The summed E-state index contributed by atoms with van der Waals surface area (Å²) in [6, 6.07) is 4.08. The Kier molecular flexibility index (Phi) is 6.71. The highest BCUT2D eigenvalue weighted by Gasteiger charge is 2.52. The Labute approximate surface area is 213 Å². The van der Waals surface area contributed by atoms with Crippen molar-refractivity contribution in [3.8, 4) is 17.2 Å². The average molecular weight is 572 g/mol. The smallest absolute Gasteiger partial charge is 0.341 e. The molecule has 0 bridgehead atoms. The van der Waals surface area contributed by atoms with Crippen LogP contribution in [0.1, 0.15) is 61.9 Å². The zero-order chi connectivity index (χ0) is 28.5. The molecular weight excluding hydrogens is 550 g/mol. The molecule has 204 valence electrons. The fraction of sp³-hybridized carbons (Fsp3) is 0.318. The Bertz CT molecular complexity index is 1480. The molecular formula is C22H22O14P2. The molecule has 14 nitrogen and oxygen atoms in total. The minimum Gasteiger partial charge on any atom is -0.507 e. The molecule has 16 heteroatoms. The van der Waals surface area contributed by atoms with Crippen LogP contribution in [0.5, 0.6) is 17.2 Å². The van der Waals surface area contributed by atoms with Crippen LogP contribution < -0.4 is 4.74 Å². The molecule has 0 aromatic heterocycles. The van der Waals surface area contributed by atoms with Crippen molar-refractivity contribution < 1.29 is 68.3 Å². The largest absolute Gasteiger partial charge is 0.507 e. The molecule has 0 spiro atoms. The van der Waals surface area contributed by atoms with Crippen LogP contribution in [0, 0.1) is 0 Å². The molecule has 2 unspecified atom stereocenters. The van der Waals surface area contributed by atoms with Gasteiger partial charge in [-0.3, -0.25) is 23.5 Å². The van der Waals surface area contributed by atoms with E-state index < -0.39 is 103 Å². The van der Waals surface area contributed by atoms with E-state index in [0.717, 1.165) is 0 Å². The summed E-state index contributed by atoms with van der Waals surface area (Å²) >= 11 is 0. The molecule has 38 heavy (non-hydrogen) atoms. The lowest BCUT2D eigenvalue weighted by Crippen LogP contribution is -2.46. The molecule has 0 fully saturated rings. The van der Waals surface area contributed by atoms with E-state index in [1.54, 1.807) is 0 Å². The van der Waals surface area contributed by atoms with E-state index in [1.807, 2.05) is 0 Å².